The summed E-state index contributed by atoms with van der Waals surface area (Å²) in [7, 11) is 0. The molecule has 0 nitrogen and oxygen atoms in total. The third kappa shape index (κ3) is 3.66. The lowest BCUT2D eigenvalue weighted by atomic mass is 9.87. The Bertz CT molecular complexity index is 671. The van der Waals surface area contributed by atoms with Crippen molar-refractivity contribution in [2.75, 3.05) is 0 Å². The van der Waals surface area contributed by atoms with Gasteiger partial charge in [-0.05, 0) is 42.4 Å². The fraction of sp³-hybridized carbons (Fsp3) is 0.300. The Hall–Kier alpha value is -2.03. The van der Waals surface area contributed by atoms with Crippen molar-refractivity contribution < 1.29 is 13.2 Å². The van der Waals surface area contributed by atoms with Gasteiger partial charge in [0.05, 0.1) is 5.57 Å². The minimum absolute atomic E-state index is 0.286. The molecule has 1 aliphatic rings. The molecule has 1 saturated carbocycles. The van der Waals surface area contributed by atoms with Gasteiger partial charge in [0.25, 0.3) is 0 Å². The van der Waals surface area contributed by atoms with E-state index in [9.17, 15) is 13.2 Å². The first-order valence-corrected chi connectivity index (χ1v) is 8.01. The molecule has 0 aliphatic heterocycles. The molecule has 2 aromatic rings. The molecule has 0 N–H and O–H groups in total. The Morgan fingerprint density at radius 3 is 1.83 bits per heavy atom. The Kier molecular flexibility index (Phi) is 4.56. The van der Waals surface area contributed by atoms with E-state index in [0.29, 0.717) is 18.4 Å². The van der Waals surface area contributed by atoms with E-state index in [0.717, 1.165) is 30.4 Å². The van der Waals surface area contributed by atoms with E-state index in [4.69, 9.17) is 0 Å². The Morgan fingerprint density at radius 1 is 0.696 bits per heavy atom. The fourth-order valence-electron chi connectivity index (χ4n) is 3.26. The molecule has 2 aromatic carbocycles. The summed E-state index contributed by atoms with van der Waals surface area (Å²) < 4.78 is 40.7. The van der Waals surface area contributed by atoms with Crippen LogP contribution in [0.1, 0.15) is 37.7 Å². The quantitative estimate of drug-likeness (QED) is 0.583. The van der Waals surface area contributed by atoms with Gasteiger partial charge in [-0.25, -0.2) is 0 Å². The van der Waals surface area contributed by atoms with Crippen LogP contribution in [0.3, 0.4) is 0 Å². The van der Waals surface area contributed by atoms with E-state index >= 15 is 0 Å². The van der Waals surface area contributed by atoms with E-state index in [1.165, 1.54) is 0 Å². The molecule has 0 atom stereocenters. The lowest BCUT2D eigenvalue weighted by Crippen LogP contribution is -2.15. The van der Waals surface area contributed by atoms with Gasteiger partial charge in [-0.3, -0.25) is 0 Å². The van der Waals surface area contributed by atoms with Crippen molar-refractivity contribution in [1.82, 2.24) is 0 Å². The van der Waals surface area contributed by atoms with Crippen molar-refractivity contribution in [2.45, 2.75) is 38.3 Å². The van der Waals surface area contributed by atoms with Crippen molar-refractivity contribution in [3.8, 4) is 11.1 Å². The summed E-state index contributed by atoms with van der Waals surface area (Å²) in [6.07, 6.45) is -0.416. The average molecular weight is 316 g/mol. The van der Waals surface area contributed by atoms with Gasteiger partial charge >= 0.3 is 6.18 Å². The van der Waals surface area contributed by atoms with Crippen LogP contribution < -0.4 is 0 Å². The van der Waals surface area contributed by atoms with Crippen LogP contribution in [-0.4, -0.2) is 6.18 Å². The number of hydrogen-bond acceptors (Lipinski definition) is 0. The van der Waals surface area contributed by atoms with E-state index in [-0.39, 0.29) is 5.56 Å². The first-order valence-electron chi connectivity index (χ1n) is 8.01. The maximum atomic E-state index is 13.6. The summed E-state index contributed by atoms with van der Waals surface area (Å²) in [5, 5.41) is 0. The molecular formula is C20H19F3. The molecule has 0 amide bonds. The van der Waals surface area contributed by atoms with Crippen molar-refractivity contribution >= 4 is 5.57 Å². The van der Waals surface area contributed by atoms with Gasteiger partial charge in [0.15, 0.2) is 0 Å². The second kappa shape index (κ2) is 6.61. The van der Waals surface area contributed by atoms with E-state index < -0.39 is 11.7 Å². The largest absolute Gasteiger partial charge is 0.416 e. The van der Waals surface area contributed by atoms with Crippen LogP contribution in [0, 0.1) is 0 Å². The van der Waals surface area contributed by atoms with Crippen LogP contribution in [0.25, 0.3) is 16.7 Å². The maximum Gasteiger partial charge on any atom is 0.416 e. The van der Waals surface area contributed by atoms with Gasteiger partial charge in [-0.1, -0.05) is 66.6 Å². The molecule has 3 rings (SSSR count). The normalized spacial score (nSPS) is 15.5. The van der Waals surface area contributed by atoms with Crippen molar-refractivity contribution in [3.05, 3.63) is 65.7 Å². The SMILES string of the molecule is FC(F)(F)C(=C1CCCCC1)c1ccc(-c2ccccc2)cc1. The average Bonchev–Trinajstić information content (AvgIpc) is 2.56. The number of hydrogen-bond donors (Lipinski definition) is 0. The number of rotatable bonds is 2. The number of alkyl halides is 3. The third-order valence-corrected chi connectivity index (χ3v) is 4.37. The number of allylic oxidation sites excluding steroid dienone is 2. The second-order valence-corrected chi connectivity index (χ2v) is 5.98. The summed E-state index contributed by atoms with van der Waals surface area (Å²) >= 11 is 0. The highest BCUT2D eigenvalue weighted by molar-refractivity contribution is 5.75. The zero-order chi connectivity index (χ0) is 16.3. The summed E-state index contributed by atoms with van der Waals surface area (Å²) in [4.78, 5) is 0. The predicted octanol–water partition coefficient (Wildman–Crippen LogP) is 6.63. The van der Waals surface area contributed by atoms with Crippen LogP contribution in [0.4, 0.5) is 13.2 Å². The molecule has 0 radical (unpaired) electrons. The number of benzene rings is 2. The summed E-state index contributed by atoms with van der Waals surface area (Å²) in [5.74, 6) is 0. The predicted molar refractivity (Wildman–Crippen MR) is 87.9 cm³/mol. The van der Waals surface area contributed by atoms with Gasteiger partial charge in [0.2, 0.25) is 0 Å². The lowest BCUT2D eigenvalue weighted by molar-refractivity contribution is -0.0697. The molecule has 3 heteroatoms. The molecule has 1 aliphatic carbocycles. The molecule has 0 heterocycles. The minimum atomic E-state index is -4.29. The monoisotopic (exact) mass is 316 g/mol. The molecule has 0 saturated heterocycles. The van der Waals surface area contributed by atoms with Crippen LogP contribution >= 0.6 is 0 Å². The molecule has 0 unspecified atom stereocenters. The molecule has 0 aromatic heterocycles. The van der Waals surface area contributed by atoms with Crippen molar-refractivity contribution in [3.63, 3.8) is 0 Å². The molecule has 23 heavy (non-hydrogen) atoms. The Balaban J connectivity index is 1.98. The standard InChI is InChI=1S/C20H19F3/c21-20(22,23)19(17-9-5-2-6-10-17)18-13-11-16(12-14-18)15-7-3-1-4-8-15/h1,3-4,7-8,11-14H,2,5-6,9-10H2. The van der Waals surface area contributed by atoms with Crippen LogP contribution in [-0.2, 0) is 0 Å². The summed E-state index contributed by atoms with van der Waals surface area (Å²) in [6, 6.07) is 16.5. The van der Waals surface area contributed by atoms with E-state index in [1.807, 2.05) is 30.3 Å². The highest BCUT2D eigenvalue weighted by atomic mass is 19.4. The van der Waals surface area contributed by atoms with E-state index in [1.54, 1.807) is 24.3 Å². The van der Waals surface area contributed by atoms with Gasteiger partial charge in [-0.2, -0.15) is 13.2 Å². The van der Waals surface area contributed by atoms with Crippen LogP contribution in [0.15, 0.2) is 60.2 Å². The molecule has 120 valence electrons. The Labute approximate surface area is 134 Å². The summed E-state index contributed by atoms with van der Waals surface area (Å²) in [6.45, 7) is 0. The maximum absolute atomic E-state index is 13.6. The van der Waals surface area contributed by atoms with Crippen LogP contribution in [0.5, 0.6) is 0 Å². The number of halogens is 3. The van der Waals surface area contributed by atoms with Gasteiger partial charge in [0.1, 0.15) is 0 Å². The molecule has 0 spiro atoms. The zero-order valence-electron chi connectivity index (χ0n) is 12.9. The fourth-order valence-corrected chi connectivity index (χ4v) is 3.26. The zero-order valence-corrected chi connectivity index (χ0v) is 12.9. The molecular weight excluding hydrogens is 297 g/mol. The van der Waals surface area contributed by atoms with Gasteiger partial charge in [-0.15, -0.1) is 0 Å². The molecule has 1 fully saturated rings. The first kappa shape index (κ1) is 15.9. The van der Waals surface area contributed by atoms with Crippen molar-refractivity contribution in [1.29, 1.82) is 0 Å². The van der Waals surface area contributed by atoms with Crippen LogP contribution in [0.2, 0.25) is 0 Å². The minimum Gasteiger partial charge on any atom is -0.166 e. The third-order valence-electron chi connectivity index (χ3n) is 4.37. The van der Waals surface area contributed by atoms with E-state index in [2.05, 4.69) is 0 Å². The Morgan fingerprint density at radius 2 is 1.26 bits per heavy atom. The lowest BCUT2D eigenvalue weighted by Gasteiger charge is -2.21. The summed E-state index contributed by atoms with van der Waals surface area (Å²) in [5.41, 5.74) is 2.38. The van der Waals surface area contributed by atoms with Gasteiger partial charge < -0.3 is 0 Å². The smallest absolute Gasteiger partial charge is 0.166 e. The van der Waals surface area contributed by atoms with Gasteiger partial charge in [0, 0.05) is 0 Å². The van der Waals surface area contributed by atoms with Crippen molar-refractivity contribution in [2.24, 2.45) is 0 Å². The highest BCUT2D eigenvalue weighted by Crippen LogP contribution is 2.41. The second-order valence-electron chi connectivity index (χ2n) is 5.98. The topological polar surface area (TPSA) is 0 Å². The highest BCUT2D eigenvalue weighted by Gasteiger charge is 2.37. The molecule has 0 bridgehead atoms. The first-order chi connectivity index (χ1) is 11.1.